The molecule has 124 valence electrons. The molecule has 0 aromatic carbocycles. The molecule has 0 atom stereocenters. The highest BCUT2D eigenvalue weighted by Gasteiger charge is 2.36. The third kappa shape index (κ3) is 4.43. The maximum Gasteiger partial charge on any atom is 0.0521 e. The maximum atomic E-state index is 9.84. The first-order valence-electron chi connectivity index (χ1n) is 9.22. The molecule has 2 rings (SSSR count). The van der Waals surface area contributed by atoms with Crippen LogP contribution in [0.15, 0.2) is 0 Å². The van der Waals surface area contributed by atoms with Crippen molar-refractivity contribution in [3.8, 4) is 0 Å². The van der Waals surface area contributed by atoms with E-state index in [4.69, 9.17) is 0 Å². The molecule has 21 heavy (non-hydrogen) atoms. The van der Waals surface area contributed by atoms with Crippen molar-refractivity contribution in [2.75, 3.05) is 19.8 Å². The minimum Gasteiger partial charge on any atom is -0.396 e. The predicted molar refractivity (Wildman–Crippen MR) is 87.3 cm³/mol. The number of aliphatic hydroxyl groups is 2. The van der Waals surface area contributed by atoms with Crippen LogP contribution in [0.2, 0.25) is 0 Å². The van der Waals surface area contributed by atoms with E-state index in [1.54, 1.807) is 0 Å². The first-order chi connectivity index (χ1) is 10.2. The molecule has 0 unspecified atom stereocenters. The van der Waals surface area contributed by atoms with E-state index in [1.165, 1.54) is 64.2 Å². The lowest BCUT2D eigenvalue weighted by atomic mass is 9.82. The van der Waals surface area contributed by atoms with Gasteiger partial charge in [0.05, 0.1) is 13.2 Å². The van der Waals surface area contributed by atoms with Gasteiger partial charge in [-0.3, -0.25) is 4.90 Å². The molecular weight excluding hydrogens is 262 g/mol. The van der Waals surface area contributed by atoms with E-state index in [0.29, 0.717) is 12.1 Å². The molecule has 3 heteroatoms. The lowest BCUT2D eigenvalue weighted by molar-refractivity contribution is -0.0224. The molecule has 2 N–H and O–H groups in total. The molecule has 2 saturated carbocycles. The van der Waals surface area contributed by atoms with Gasteiger partial charge in [-0.05, 0) is 32.1 Å². The van der Waals surface area contributed by atoms with Crippen LogP contribution >= 0.6 is 0 Å². The van der Waals surface area contributed by atoms with Crippen LogP contribution in [0.3, 0.4) is 0 Å². The van der Waals surface area contributed by atoms with Crippen LogP contribution in [0.25, 0.3) is 0 Å². The summed E-state index contributed by atoms with van der Waals surface area (Å²) in [7, 11) is 0. The molecule has 2 aliphatic carbocycles. The van der Waals surface area contributed by atoms with Crippen molar-refractivity contribution in [3.05, 3.63) is 0 Å². The van der Waals surface area contributed by atoms with Crippen LogP contribution in [-0.4, -0.2) is 47.0 Å². The zero-order valence-electron chi connectivity index (χ0n) is 13.9. The number of nitrogens with zero attached hydrogens (tertiary/aromatic N) is 1. The standard InChI is InChI=1S/C18H35NO2/c1-2-18(14-20,15-21)13-19(16-9-5-3-6-10-16)17-11-7-4-8-12-17/h16-17,20-21H,2-15H2,1H3. The smallest absolute Gasteiger partial charge is 0.0521 e. The third-order valence-corrected chi connectivity index (χ3v) is 6.03. The molecular formula is C18H35NO2. The van der Waals surface area contributed by atoms with E-state index >= 15 is 0 Å². The fourth-order valence-corrected chi connectivity index (χ4v) is 4.25. The third-order valence-electron chi connectivity index (χ3n) is 6.03. The Kier molecular flexibility index (Phi) is 6.97. The summed E-state index contributed by atoms with van der Waals surface area (Å²) in [6.45, 7) is 3.20. The van der Waals surface area contributed by atoms with E-state index in [0.717, 1.165) is 13.0 Å². The van der Waals surface area contributed by atoms with Crippen molar-refractivity contribution in [3.63, 3.8) is 0 Å². The lowest BCUT2D eigenvalue weighted by Crippen LogP contribution is -2.52. The second kappa shape index (κ2) is 8.50. The molecule has 0 bridgehead atoms. The minimum absolute atomic E-state index is 0.107. The summed E-state index contributed by atoms with van der Waals surface area (Å²) in [5.74, 6) is 0. The molecule has 2 fully saturated rings. The summed E-state index contributed by atoms with van der Waals surface area (Å²) in [5, 5.41) is 19.7. The summed E-state index contributed by atoms with van der Waals surface area (Å²) in [4.78, 5) is 2.70. The Morgan fingerprint density at radius 3 is 1.57 bits per heavy atom. The molecule has 0 saturated heterocycles. The van der Waals surface area contributed by atoms with Crippen molar-refractivity contribution in [2.24, 2.45) is 5.41 Å². The van der Waals surface area contributed by atoms with Crippen molar-refractivity contribution in [2.45, 2.75) is 89.6 Å². The largest absolute Gasteiger partial charge is 0.396 e. The Balaban J connectivity index is 2.09. The van der Waals surface area contributed by atoms with Crippen LogP contribution in [0.5, 0.6) is 0 Å². The van der Waals surface area contributed by atoms with E-state index in [2.05, 4.69) is 11.8 Å². The monoisotopic (exact) mass is 297 g/mol. The van der Waals surface area contributed by atoms with Crippen LogP contribution in [0.4, 0.5) is 0 Å². The lowest BCUT2D eigenvalue weighted by Gasteiger charge is -2.46. The molecule has 0 radical (unpaired) electrons. The molecule has 3 nitrogen and oxygen atoms in total. The van der Waals surface area contributed by atoms with Gasteiger partial charge < -0.3 is 10.2 Å². The van der Waals surface area contributed by atoms with Crippen LogP contribution in [-0.2, 0) is 0 Å². The van der Waals surface area contributed by atoms with Gasteiger partial charge in [0.25, 0.3) is 0 Å². The quantitative estimate of drug-likeness (QED) is 0.757. The van der Waals surface area contributed by atoms with Crippen molar-refractivity contribution in [1.82, 2.24) is 4.90 Å². The van der Waals surface area contributed by atoms with Gasteiger partial charge in [-0.2, -0.15) is 0 Å². The van der Waals surface area contributed by atoms with E-state index in [-0.39, 0.29) is 18.6 Å². The van der Waals surface area contributed by atoms with Gasteiger partial charge >= 0.3 is 0 Å². The molecule has 0 heterocycles. The fourth-order valence-electron chi connectivity index (χ4n) is 4.25. The summed E-state index contributed by atoms with van der Waals surface area (Å²) < 4.78 is 0. The first kappa shape index (κ1) is 17.2. The van der Waals surface area contributed by atoms with Crippen LogP contribution in [0, 0.1) is 5.41 Å². The Morgan fingerprint density at radius 1 is 0.810 bits per heavy atom. The number of hydrogen-bond acceptors (Lipinski definition) is 3. The average Bonchev–Trinajstić information content (AvgIpc) is 2.58. The number of aliphatic hydroxyl groups excluding tert-OH is 2. The molecule has 0 aromatic heterocycles. The molecule has 0 aliphatic heterocycles. The van der Waals surface area contributed by atoms with Gasteiger partial charge in [0, 0.05) is 24.0 Å². The minimum atomic E-state index is -0.311. The highest BCUT2D eigenvalue weighted by atomic mass is 16.3. The normalized spacial score (nSPS) is 22.9. The zero-order valence-corrected chi connectivity index (χ0v) is 13.9. The van der Waals surface area contributed by atoms with Crippen molar-refractivity contribution in [1.29, 1.82) is 0 Å². The van der Waals surface area contributed by atoms with Crippen LogP contribution in [0.1, 0.15) is 77.6 Å². The van der Waals surface area contributed by atoms with Gasteiger partial charge in [0.2, 0.25) is 0 Å². The fraction of sp³-hybridized carbons (Fsp3) is 1.00. The Labute approximate surface area is 130 Å². The van der Waals surface area contributed by atoms with Gasteiger partial charge in [-0.1, -0.05) is 45.4 Å². The van der Waals surface area contributed by atoms with E-state index < -0.39 is 0 Å². The zero-order chi connectivity index (χ0) is 15.1. The first-order valence-corrected chi connectivity index (χ1v) is 9.22. The Bertz CT molecular complexity index is 253. The second-order valence-corrected chi connectivity index (χ2v) is 7.43. The highest BCUT2D eigenvalue weighted by molar-refractivity contribution is 4.89. The second-order valence-electron chi connectivity index (χ2n) is 7.43. The SMILES string of the molecule is CCC(CO)(CO)CN(C1CCCCC1)C1CCCCC1. The molecule has 0 spiro atoms. The molecule has 2 aliphatic rings. The van der Waals surface area contributed by atoms with Gasteiger partial charge in [0.15, 0.2) is 0 Å². The van der Waals surface area contributed by atoms with Crippen molar-refractivity contribution < 1.29 is 10.2 Å². The number of hydrogen-bond donors (Lipinski definition) is 2. The maximum absolute atomic E-state index is 9.84. The summed E-state index contributed by atoms with van der Waals surface area (Å²) in [6, 6.07) is 1.37. The predicted octanol–water partition coefficient (Wildman–Crippen LogP) is 3.33. The van der Waals surface area contributed by atoms with E-state index in [9.17, 15) is 10.2 Å². The summed E-state index contributed by atoms with van der Waals surface area (Å²) in [6.07, 6.45) is 14.3. The van der Waals surface area contributed by atoms with Crippen molar-refractivity contribution >= 4 is 0 Å². The summed E-state index contributed by atoms with van der Waals surface area (Å²) in [5.41, 5.74) is -0.311. The Hall–Kier alpha value is -0.120. The van der Waals surface area contributed by atoms with Gasteiger partial charge in [-0.15, -0.1) is 0 Å². The Morgan fingerprint density at radius 2 is 1.24 bits per heavy atom. The number of rotatable bonds is 7. The highest BCUT2D eigenvalue weighted by Crippen LogP contribution is 2.34. The topological polar surface area (TPSA) is 43.7 Å². The van der Waals surface area contributed by atoms with E-state index in [1.807, 2.05) is 0 Å². The average molecular weight is 297 g/mol. The van der Waals surface area contributed by atoms with Gasteiger partial charge in [0.1, 0.15) is 0 Å². The molecule has 0 amide bonds. The summed E-state index contributed by atoms with van der Waals surface area (Å²) >= 11 is 0. The van der Waals surface area contributed by atoms with Crippen LogP contribution < -0.4 is 0 Å². The molecule has 0 aromatic rings. The van der Waals surface area contributed by atoms with Gasteiger partial charge in [-0.25, -0.2) is 0 Å².